The number of ether oxygens (including phenoxy) is 1. The topological polar surface area (TPSA) is 51.5 Å². The highest BCUT2D eigenvalue weighted by atomic mass is 35.5. The van der Waals surface area contributed by atoms with Gasteiger partial charge in [0.05, 0.1) is 39.4 Å². The summed E-state index contributed by atoms with van der Waals surface area (Å²) in [4.78, 5) is 28.1. The summed E-state index contributed by atoms with van der Waals surface area (Å²) in [6, 6.07) is 7.07. The number of esters is 1. The third-order valence-electron chi connectivity index (χ3n) is 7.30. The van der Waals surface area contributed by atoms with Crippen molar-refractivity contribution in [1.82, 2.24) is 9.47 Å². The van der Waals surface area contributed by atoms with Gasteiger partial charge in [-0.25, -0.2) is 0 Å². The number of benzene rings is 2. The van der Waals surface area contributed by atoms with Crippen LogP contribution in [0.1, 0.15) is 53.0 Å². The molecule has 5 nitrogen and oxygen atoms in total. The zero-order valence-electron chi connectivity index (χ0n) is 21.6. The maximum absolute atomic E-state index is 13.7. The van der Waals surface area contributed by atoms with E-state index < -0.39 is 17.5 Å². The van der Waals surface area contributed by atoms with Gasteiger partial charge in [-0.05, 0) is 68.1 Å². The summed E-state index contributed by atoms with van der Waals surface area (Å²) in [6.45, 7) is 7.52. The van der Waals surface area contributed by atoms with Crippen LogP contribution in [0.3, 0.4) is 0 Å². The lowest BCUT2D eigenvalue weighted by Gasteiger charge is -2.35. The molecule has 4 rings (SSSR count). The van der Waals surface area contributed by atoms with Crippen molar-refractivity contribution in [3.8, 4) is 0 Å². The number of alkyl halides is 3. The minimum atomic E-state index is -4.50. The molecule has 0 amide bonds. The lowest BCUT2D eigenvalue weighted by molar-refractivity contribution is -0.151. The fraction of sp³-hybridized carbons (Fsp3) is 0.429. The molecule has 1 aromatic heterocycles. The van der Waals surface area contributed by atoms with Crippen molar-refractivity contribution in [1.29, 1.82) is 0 Å². The minimum Gasteiger partial charge on any atom is -0.466 e. The molecule has 10 heteroatoms. The van der Waals surface area contributed by atoms with Crippen LogP contribution in [0, 0.1) is 18.8 Å². The molecule has 1 saturated heterocycles. The molecule has 0 saturated carbocycles. The monoisotopic (exact) mass is 568 g/mol. The van der Waals surface area contributed by atoms with Gasteiger partial charge in [0.2, 0.25) is 5.78 Å². The van der Waals surface area contributed by atoms with Crippen molar-refractivity contribution in [2.75, 3.05) is 19.7 Å². The average molecular weight is 569 g/mol. The van der Waals surface area contributed by atoms with Crippen LogP contribution in [0.15, 0.2) is 30.3 Å². The minimum absolute atomic E-state index is 0.0932. The summed E-state index contributed by atoms with van der Waals surface area (Å²) in [5, 5.41) is 0.919. The summed E-state index contributed by atoms with van der Waals surface area (Å²) >= 11 is 13.2. The molecule has 0 unspecified atom stereocenters. The molecular formula is C28H29Cl2F3N2O3. The Balaban J connectivity index is 1.63. The van der Waals surface area contributed by atoms with Crippen LogP contribution in [0.25, 0.3) is 10.9 Å². The van der Waals surface area contributed by atoms with Crippen molar-refractivity contribution in [3.63, 3.8) is 0 Å². The number of nitrogens with zero attached hydrogens (tertiary/aromatic N) is 2. The van der Waals surface area contributed by atoms with E-state index in [1.807, 2.05) is 6.92 Å². The number of hydrogen-bond donors (Lipinski definition) is 0. The Bertz CT molecular complexity index is 1400. The summed E-state index contributed by atoms with van der Waals surface area (Å²) in [5.74, 6) is -0.708. The zero-order valence-corrected chi connectivity index (χ0v) is 23.1. The Morgan fingerprint density at radius 2 is 1.87 bits per heavy atom. The highest BCUT2D eigenvalue weighted by Gasteiger charge is 2.34. The molecule has 38 heavy (non-hydrogen) atoms. The van der Waals surface area contributed by atoms with Gasteiger partial charge in [-0.15, -0.1) is 0 Å². The molecule has 204 valence electrons. The number of aryl methyl sites for hydroxylation is 2. The normalized spacial score (nSPS) is 18.7. The zero-order chi connectivity index (χ0) is 27.9. The lowest BCUT2D eigenvalue weighted by Crippen LogP contribution is -2.42. The number of aromatic nitrogens is 1. The molecule has 0 spiro atoms. The van der Waals surface area contributed by atoms with E-state index in [0.29, 0.717) is 54.7 Å². The number of halogens is 5. The number of rotatable bonds is 6. The van der Waals surface area contributed by atoms with Crippen molar-refractivity contribution < 1.29 is 27.5 Å². The van der Waals surface area contributed by atoms with Crippen LogP contribution in [0.5, 0.6) is 0 Å². The number of carbonyl (C=O) groups excluding carboxylic acids is 2. The van der Waals surface area contributed by atoms with Crippen molar-refractivity contribution in [2.45, 2.75) is 39.9 Å². The molecule has 2 heterocycles. The third-order valence-corrected chi connectivity index (χ3v) is 8.05. The molecular weight excluding hydrogens is 540 g/mol. The van der Waals surface area contributed by atoms with E-state index in [1.54, 1.807) is 39.1 Å². The quantitative estimate of drug-likeness (QED) is 0.236. The van der Waals surface area contributed by atoms with Crippen LogP contribution in [-0.2, 0) is 29.3 Å². The highest BCUT2D eigenvalue weighted by Crippen LogP contribution is 2.37. The number of hydrogen-bond acceptors (Lipinski definition) is 4. The molecule has 0 N–H and O–H groups in total. The molecule has 1 aliphatic heterocycles. The second kappa shape index (κ2) is 10.9. The van der Waals surface area contributed by atoms with Gasteiger partial charge in [0.15, 0.2) is 0 Å². The molecule has 1 aliphatic rings. The van der Waals surface area contributed by atoms with E-state index >= 15 is 0 Å². The Hall–Kier alpha value is -2.55. The van der Waals surface area contributed by atoms with E-state index in [-0.39, 0.29) is 39.1 Å². The Kier molecular flexibility index (Phi) is 8.17. The molecule has 2 aromatic carbocycles. The first-order chi connectivity index (χ1) is 17.8. The van der Waals surface area contributed by atoms with E-state index in [1.165, 1.54) is 4.57 Å². The van der Waals surface area contributed by atoms with Gasteiger partial charge in [0.1, 0.15) is 0 Å². The summed E-state index contributed by atoms with van der Waals surface area (Å²) in [5.41, 5.74) is 0.933. The first kappa shape index (κ1) is 28.5. The van der Waals surface area contributed by atoms with E-state index in [9.17, 15) is 22.8 Å². The molecule has 2 atom stereocenters. The van der Waals surface area contributed by atoms with Crippen LogP contribution < -0.4 is 0 Å². The number of carbonyl (C=O) groups is 2. The van der Waals surface area contributed by atoms with E-state index in [2.05, 4.69) is 4.90 Å². The Labute approximate surface area is 229 Å². The molecule has 1 fully saturated rings. The summed E-state index contributed by atoms with van der Waals surface area (Å²) in [6.07, 6.45) is -3.84. The summed E-state index contributed by atoms with van der Waals surface area (Å²) in [7, 11) is 1.55. The van der Waals surface area contributed by atoms with Crippen molar-refractivity contribution >= 4 is 45.9 Å². The standard InChI is InChI=1S/C28H29Cl2F3N2O3/c1-5-38-27(37)19-8-9-35(13-16(19)3)14-17-6-7-21(29)24(25(17)30)26(36)23-12-20-15(2)10-18(28(31,32)33)11-22(20)34(23)4/h6-7,10-12,16,19H,5,8-9,13-14H2,1-4H3/t16-,19+/m0/s1. The lowest BCUT2D eigenvalue weighted by atomic mass is 9.86. The van der Waals surface area contributed by atoms with Gasteiger partial charge in [0.25, 0.3) is 0 Å². The SMILES string of the molecule is CCOC(=O)[C@@H]1CCN(Cc2ccc(Cl)c(C(=O)c3cc4c(C)cc(C(F)(F)F)cc4n3C)c2Cl)C[C@@H]1C. The van der Waals surface area contributed by atoms with E-state index in [0.717, 1.165) is 12.1 Å². The predicted molar refractivity (Wildman–Crippen MR) is 142 cm³/mol. The van der Waals surface area contributed by atoms with Crippen LogP contribution in [0.4, 0.5) is 13.2 Å². The van der Waals surface area contributed by atoms with E-state index in [4.69, 9.17) is 27.9 Å². The smallest absolute Gasteiger partial charge is 0.416 e. The largest absolute Gasteiger partial charge is 0.466 e. The van der Waals surface area contributed by atoms with Gasteiger partial charge in [-0.3, -0.25) is 14.5 Å². The van der Waals surface area contributed by atoms with Gasteiger partial charge >= 0.3 is 12.1 Å². The van der Waals surface area contributed by atoms with Crippen molar-refractivity contribution in [3.05, 3.63) is 68.3 Å². The fourth-order valence-corrected chi connectivity index (χ4v) is 5.86. The maximum atomic E-state index is 13.7. The molecule has 3 aromatic rings. The maximum Gasteiger partial charge on any atom is 0.416 e. The Morgan fingerprint density at radius 3 is 2.50 bits per heavy atom. The number of fused-ring (bicyclic) bond motifs is 1. The first-order valence-corrected chi connectivity index (χ1v) is 13.2. The molecule has 0 radical (unpaired) electrons. The average Bonchev–Trinajstić information content (AvgIpc) is 3.17. The van der Waals surface area contributed by atoms with Crippen molar-refractivity contribution in [2.24, 2.45) is 18.9 Å². The van der Waals surface area contributed by atoms with Crippen LogP contribution >= 0.6 is 23.2 Å². The Morgan fingerprint density at radius 1 is 1.16 bits per heavy atom. The number of piperidine rings is 1. The van der Waals surface area contributed by atoms with Gasteiger partial charge < -0.3 is 9.30 Å². The summed E-state index contributed by atoms with van der Waals surface area (Å²) < 4.78 is 46.8. The van der Waals surface area contributed by atoms with Gasteiger partial charge in [-0.1, -0.05) is 36.2 Å². The number of ketones is 1. The number of likely N-dealkylation sites (tertiary alicyclic amines) is 1. The van der Waals surface area contributed by atoms with Gasteiger partial charge in [0, 0.05) is 31.0 Å². The third kappa shape index (κ3) is 5.44. The molecule has 0 bridgehead atoms. The van der Waals surface area contributed by atoms with Gasteiger partial charge in [-0.2, -0.15) is 13.2 Å². The second-order valence-corrected chi connectivity index (χ2v) is 10.7. The fourth-order valence-electron chi connectivity index (χ4n) is 5.26. The molecule has 0 aliphatic carbocycles. The second-order valence-electron chi connectivity index (χ2n) is 9.90. The van der Waals surface area contributed by atoms with Crippen LogP contribution in [0.2, 0.25) is 10.0 Å². The highest BCUT2D eigenvalue weighted by molar-refractivity contribution is 6.41. The predicted octanol–water partition coefficient (Wildman–Crippen LogP) is 7.06. The van der Waals surface area contributed by atoms with Crippen LogP contribution in [-0.4, -0.2) is 40.9 Å². The first-order valence-electron chi connectivity index (χ1n) is 12.4.